The average Bonchev–Trinajstić information content (AvgIpc) is 2.28. The van der Waals surface area contributed by atoms with E-state index in [4.69, 9.17) is 11.5 Å². The summed E-state index contributed by atoms with van der Waals surface area (Å²) >= 11 is 5.81. The zero-order valence-electron chi connectivity index (χ0n) is 6.24. The highest BCUT2D eigenvalue weighted by Crippen LogP contribution is 2.36. The topological polar surface area (TPSA) is 52.0 Å². The van der Waals surface area contributed by atoms with Gasteiger partial charge in [-0.15, -0.1) is 24.0 Å². The molecule has 62 valence electrons. The summed E-state index contributed by atoms with van der Waals surface area (Å²) in [6.07, 6.45) is 0. The van der Waals surface area contributed by atoms with E-state index in [1.807, 2.05) is 18.2 Å². The van der Waals surface area contributed by atoms with Crippen LogP contribution in [0.2, 0.25) is 0 Å². The van der Waals surface area contributed by atoms with Gasteiger partial charge in [0, 0.05) is 20.7 Å². The molecule has 1 aromatic carbocycles. The van der Waals surface area contributed by atoms with Gasteiger partial charge in [-0.1, -0.05) is 6.07 Å². The first-order valence-corrected chi connectivity index (χ1v) is 4.71. The van der Waals surface area contributed by atoms with E-state index in [0.29, 0.717) is 0 Å². The molecule has 0 aliphatic rings. The molecule has 2 aromatic rings. The van der Waals surface area contributed by atoms with Crippen LogP contribution in [0.1, 0.15) is 0 Å². The van der Waals surface area contributed by atoms with Crippen LogP contribution >= 0.6 is 24.0 Å². The summed E-state index contributed by atoms with van der Waals surface area (Å²) in [4.78, 5) is 0.856. The molecule has 12 heavy (non-hydrogen) atoms. The minimum absolute atomic E-state index is 0.749. The second-order valence-corrected chi connectivity index (χ2v) is 4.10. The molecule has 0 spiro atoms. The lowest BCUT2D eigenvalue weighted by atomic mass is 10.2. The Morgan fingerprint density at radius 1 is 1.25 bits per heavy atom. The number of fused-ring (bicyclic) bond motifs is 1. The number of nitrogen functional groups attached to an aromatic ring is 2. The monoisotopic (exact) mass is 196 g/mol. The molecule has 1 heterocycles. The average molecular weight is 196 g/mol. The van der Waals surface area contributed by atoms with Gasteiger partial charge in [0.1, 0.15) is 5.00 Å². The summed E-state index contributed by atoms with van der Waals surface area (Å²) in [5.74, 6) is 0. The second-order valence-electron chi connectivity index (χ2n) is 2.57. The number of hydrogen-bond donors (Lipinski definition) is 3. The smallest absolute Gasteiger partial charge is 0.100 e. The number of thiophene rings is 1. The third-order valence-corrected chi connectivity index (χ3v) is 3.33. The maximum Gasteiger partial charge on any atom is 0.100 e. The maximum atomic E-state index is 5.70. The molecule has 2 nitrogen and oxygen atoms in total. The summed E-state index contributed by atoms with van der Waals surface area (Å²) < 4.78 is 1.09. The highest BCUT2D eigenvalue weighted by molar-refractivity contribution is 7.81. The zero-order chi connectivity index (χ0) is 8.72. The molecular formula is C8H8N2S2. The third kappa shape index (κ3) is 1.04. The number of thiol groups is 1. The number of hydrogen-bond acceptors (Lipinski definition) is 4. The highest BCUT2D eigenvalue weighted by Gasteiger charge is 2.05. The van der Waals surface area contributed by atoms with Crippen LogP contribution in [0.25, 0.3) is 10.1 Å². The van der Waals surface area contributed by atoms with Crippen LogP contribution in [0, 0.1) is 0 Å². The van der Waals surface area contributed by atoms with E-state index in [2.05, 4.69) is 12.6 Å². The molecule has 0 fully saturated rings. The van der Waals surface area contributed by atoms with Crippen LogP contribution in [-0.4, -0.2) is 0 Å². The molecule has 2 rings (SSSR count). The number of nitrogens with two attached hydrogens (primary N) is 2. The van der Waals surface area contributed by atoms with Crippen molar-refractivity contribution in [2.24, 2.45) is 0 Å². The Morgan fingerprint density at radius 3 is 2.75 bits per heavy atom. The standard InChI is InChI=1S/C8H8N2S2/c9-4-1-2-5-6(3-4)12-8(10)7(5)11/h1-3,11H,9-10H2. The van der Waals surface area contributed by atoms with E-state index in [0.717, 1.165) is 25.7 Å². The van der Waals surface area contributed by atoms with Crippen LogP contribution in [0.5, 0.6) is 0 Å². The van der Waals surface area contributed by atoms with Gasteiger partial charge in [-0.05, 0) is 12.1 Å². The molecular weight excluding hydrogens is 188 g/mol. The van der Waals surface area contributed by atoms with E-state index < -0.39 is 0 Å². The lowest BCUT2D eigenvalue weighted by Gasteiger charge is -1.92. The largest absolute Gasteiger partial charge is 0.399 e. The van der Waals surface area contributed by atoms with Crippen LogP contribution < -0.4 is 11.5 Å². The van der Waals surface area contributed by atoms with Gasteiger partial charge in [0.05, 0.1) is 0 Å². The fourth-order valence-electron chi connectivity index (χ4n) is 1.12. The molecule has 4 N–H and O–H groups in total. The molecule has 4 heteroatoms. The van der Waals surface area contributed by atoms with Gasteiger partial charge in [-0.25, -0.2) is 0 Å². The molecule has 0 bridgehead atoms. The Kier molecular flexibility index (Phi) is 1.66. The molecule has 0 aliphatic carbocycles. The third-order valence-electron chi connectivity index (χ3n) is 1.71. The van der Waals surface area contributed by atoms with Crippen molar-refractivity contribution in [3.8, 4) is 0 Å². The highest BCUT2D eigenvalue weighted by atomic mass is 32.1. The normalized spacial score (nSPS) is 10.8. The summed E-state index contributed by atoms with van der Waals surface area (Å²) in [6.45, 7) is 0. The fourth-order valence-corrected chi connectivity index (χ4v) is 2.44. The zero-order valence-corrected chi connectivity index (χ0v) is 7.95. The summed E-state index contributed by atoms with van der Waals surface area (Å²) in [5, 5.41) is 1.83. The first-order chi connectivity index (χ1) is 5.68. The first kappa shape index (κ1) is 7.76. The van der Waals surface area contributed by atoms with Crippen molar-refractivity contribution in [1.82, 2.24) is 0 Å². The van der Waals surface area contributed by atoms with Gasteiger partial charge >= 0.3 is 0 Å². The predicted molar refractivity (Wildman–Crippen MR) is 57.9 cm³/mol. The lowest BCUT2D eigenvalue weighted by molar-refractivity contribution is 1.66. The minimum Gasteiger partial charge on any atom is -0.399 e. The Bertz CT molecular complexity index is 434. The Balaban J connectivity index is 2.87. The van der Waals surface area contributed by atoms with Gasteiger partial charge in [-0.3, -0.25) is 0 Å². The molecule has 0 amide bonds. The maximum absolute atomic E-state index is 5.70. The van der Waals surface area contributed by atoms with Gasteiger partial charge in [0.2, 0.25) is 0 Å². The van der Waals surface area contributed by atoms with E-state index >= 15 is 0 Å². The summed E-state index contributed by atoms with van der Waals surface area (Å²) in [7, 11) is 0. The number of rotatable bonds is 0. The second kappa shape index (κ2) is 2.57. The van der Waals surface area contributed by atoms with Crippen molar-refractivity contribution < 1.29 is 0 Å². The summed E-state index contributed by atoms with van der Waals surface area (Å²) in [6, 6.07) is 5.71. The molecule has 0 saturated carbocycles. The number of anilines is 2. The van der Waals surface area contributed by atoms with Gasteiger partial charge in [-0.2, -0.15) is 0 Å². The predicted octanol–water partition coefficient (Wildman–Crippen LogP) is 2.35. The van der Waals surface area contributed by atoms with Crippen molar-refractivity contribution in [3.05, 3.63) is 18.2 Å². The van der Waals surface area contributed by atoms with Crippen LogP contribution in [-0.2, 0) is 0 Å². The van der Waals surface area contributed by atoms with Crippen LogP contribution in [0.15, 0.2) is 23.1 Å². The van der Waals surface area contributed by atoms with Gasteiger partial charge in [0.25, 0.3) is 0 Å². The molecule has 0 unspecified atom stereocenters. The lowest BCUT2D eigenvalue weighted by Crippen LogP contribution is -1.81. The first-order valence-electron chi connectivity index (χ1n) is 3.45. The van der Waals surface area contributed by atoms with E-state index in [1.165, 1.54) is 11.3 Å². The van der Waals surface area contributed by atoms with Crippen LogP contribution in [0.3, 0.4) is 0 Å². The van der Waals surface area contributed by atoms with Crippen molar-refractivity contribution in [3.63, 3.8) is 0 Å². The van der Waals surface area contributed by atoms with Crippen LogP contribution in [0.4, 0.5) is 10.7 Å². The van der Waals surface area contributed by atoms with Crippen molar-refractivity contribution >= 4 is 44.7 Å². The molecule has 0 radical (unpaired) electrons. The Morgan fingerprint density at radius 2 is 2.00 bits per heavy atom. The molecule has 1 aromatic heterocycles. The van der Waals surface area contributed by atoms with E-state index in [9.17, 15) is 0 Å². The molecule has 0 saturated heterocycles. The Hall–Kier alpha value is -0.870. The van der Waals surface area contributed by atoms with E-state index in [-0.39, 0.29) is 0 Å². The molecule has 0 aliphatic heterocycles. The quantitative estimate of drug-likeness (QED) is 0.447. The SMILES string of the molecule is Nc1ccc2c(S)c(N)sc2c1. The molecule has 0 atom stereocenters. The fraction of sp³-hybridized carbons (Fsp3) is 0. The van der Waals surface area contributed by atoms with Crippen molar-refractivity contribution in [1.29, 1.82) is 0 Å². The summed E-state index contributed by atoms with van der Waals surface area (Å²) in [5.41, 5.74) is 12.1. The van der Waals surface area contributed by atoms with Crippen molar-refractivity contribution in [2.45, 2.75) is 4.90 Å². The van der Waals surface area contributed by atoms with Gasteiger partial charge in [0.15, 0.2) is 0 Å². The number of benzene rings is 1. The van der Waals surface area contributed by atoms with E-state index in [1.54, 1.807) is 0 Å². The Labute approximate surface area is 79.6 Å². The minimum atomic E-state index is 0.749. The van der Waals surface area contributed by atoms with Gasteiger partial charge < -0.3 is 11.5 Å². The van der Waals surface area contributed by atoms with Crippen molar-refractivity contribution in [2.75, 3.05) is 11.5 Å².